The van der Waals surface area contributed by atoms with Gasteiger partial charge >= 0.3 is 5.97 Å². The first kappa shape index (κ1) is 16.6. The third-order valence-electron chi connectivity index (χ3n) is 3.06. The van der Waals surface area contributed by atoms with E-state index in [1.165, 1.54) is 6.92 Å². The Morgan fingerprint density at radius 3 is 2.30 bits per heavy atom. The third kappa shape index (κ3) is 4.88. The number of rotatable bonds is 5. The normalized spacial score (nSPS) is 11.6. The molecule has 0 unspecified atom stereocenters. The predicted octanol–water partition coefficient (Wildman–Crippen LogP) is 2.83. The number of hydrogen-bond donors (Lipinski definition) is 1. The fourth-order valence-electron chi connectivity index (χ4n) is 1.88. The molecule has 4 nitrogen and oxygen atoms in total. The lowest BCUT2D eigenvalue weighted by atomic mass is 10.2. The van der Waals surface area contributed by atoms with Gasteiger partial charge in [-0.1, -0.05) is 30.3 Å². The highest BCUT2D eigenvalue weighted by atomic mass is 19.1. The Labute approximate surface area is 132 Å². The van der Waals surface area contributed by atoms with Crippen LogP contribution in [0, 0.1) is 11.6 Å². The van der Waals surface area contributed by atoms with E-state index in [1.54, 1.807) is 0 Å². The summed E-state index contributed by atoms with van der Waals surface area (Å²) in [5.74, 6) is -3.25. The van der Waals surface area contributed by atoms with Crippen LogP contribution in [-0.2, 0) is 16.1 Å². The van der Waals surface area contributed by atoms with Crippen molar-refractivity contribution in [3.8, 4) is 0 Å². The molecule has 2 rings (SSSR count). The lowest BCUT2D eigenvalue weighted by Gasteiger charge is -2.13. The van der Waals surface area contributed by atoms with Crippen LogP contribution in [0.25, 0.3) is 0 Å². The van der Waals surface area contributed by atoms with Crippen molar-refractivity contribution in [2.45, 2.75) is 19.6 Å². The van der Waals surface area contributed by atoms with Crippen LogP contribution < -0.4 is 5.32 Å². The molecule has 0 spiro atoms. The molecule has 1 atom stereocenters. The Bertz CT molecular complexity index is 684. The molecule has 0 fully saturated rings. The van der Waals surface area contributed by atoms with E-state index in [9.17, 15) is 18.4 Å². The minimum Gasteiger partial charge on any atom is -0.449 e. The van der Waals surface area contributed by atoms with Gasteiger partial charge < -0.3 is 10.1 Å². The molecule has 23 heavy (non-hydrogen) atoms. The summed E-state index contributed by atoms with van der Waals surface area (Å²) in [7, 11) is 0. The van der Waals surface area contributed by atoms with E-state index < -0.39 is 29.6 Å². The minimum absolute atomic E-state index is 0.287. The standard InChI is InChI=1S/C17H15F2NO3/c1-11(16(21)20-10-12-5-3-2-4-6-12)23-17(22)13-7-14(18)9-15(19)8-13/h2-9,11H,10H2,1H3,(H,20,21)/t11-/m1/s1. The molecule has 0 bridgehead atoms. The Balaban J connectivity index is 1.91. The van der Waals surface area contributed by atoms with E-state index in [4.69, 9.17) is 4.74 Å². The van der Waals surface area contributed by atoms with E-state index in [0.29, 0.717) is 6.07 Å². The van der Waals surface area contributed by atoms with Crippen molar-refractivity contribution in [2.75, 3.05) is 0 Å². The van der Waals surface area contributed by atoms with Gasteiger partial charge in [-0.15, -0.1) is 0 Å². The van der Waals surface area contributed by atoms with Gasteiger partial charge in [0, 0.05) is 12.6 Å². The molecule has 1 amide bonds. The van der Waals surface area contributed by atoms with Crippen LogP contribution in [-0.4, -0.2) is 18.0 Å². The summed E-state index contributed by atoms with van der Waals surface area (Å²) in [6.07, 6.45) is -1.09. The summed E-state index contributed by atoms with van der Waals surface area (Å²) in [5.41, 5.74) is 0.608. The van der Waals surface area contributed by atoms with Crippen molar-refractivity contribution in [2.24, 2.45) is 0 Å². The molecular formula is C17H15F2NO3. The van der Waals surface area contributed by atoms with Crippen LogP contribution >= 0.6 is 0 Å². The average molecular weight is 319 g/mol. The maximum absolute atomic E-state index is 13.1. The van der Waals surface area contributed by atoms with Gasteiger partial charge in [0.15, 0.2) is 6.10 Å². The summed E-state index contributed by atoms with van der Waals surface area (Å²) in [4.78, 5) is 23.7. The first-order valence-electron chi connectivity index (χ1n) is 6.94. The fourth-order valence-corrected chi connectivity index (χ4v) is 1.88. The third-order valence-corrected chi connectivity index (χ3v) is 3.06. The summed E-state index contributed by atoms with van der Waals surface area (Å²) < 4.78 is 31.0. The SMILES string of the molecule is C[C@@H](OC(=O)c1cc(F)cc(F)c1)C(=O)NCc1ccccc1. The fraction of sp³-hybridized carbons (Fsp3) is 0.176. The van der Waals surface area contributed by atoms with Crippen LogP contribution in [0.15, 0.2) is 48.5 Å². The molecular weight excluding hydrogens is 304 g/mol. The molecule has 6 heteroatoms. The molecule has 0 radical (unpaired) electrons. The van der Waals surface area contributed by atoms with Crippen molar-refractivity contribution in [3.05, 3.63) is 71.3 Å². The van der Waals surface area contributed by atoms with Crippen molar-refractivity contribution >= 4 is 11.9 Å². The van der Waals surface area contributed by atoms with Gasteiger partial charge in [-0.2, -0.15) is 0 Å². The molecule has 0 saturated carbocycles. The largest absolute Gasteiger partial charge is 0.449 e. The van der Waals surface area contributed by atoms with Gasteiger partial charge in [0.2, 0.25) is 0 Å². The molecule has 2 aromatic carbocycles. The van der Waals surface area contributed by atoms with E-state index in [0.717, 1.165) is 17.7 Å². The zero-order chi connectivity index (χ0) is 16.8. The van der Waals surface area contributed by atoms with Crippen LogP contribution in [0.2, 0.25) is 0 Å². The Kier molecular flexibility index (Phi) is 5.41. The van der Waals surface area contributed by atoms with Crippen molar-refractivity contribution in [1.29, 1.82) is 0 Å². The number of carbonyl (C=O) groups excluding carboxylic acids is 2. The number of esters is 1. The molecule has 0 heterocycles. The van der Waals surface area contributed by atoms with Gasteiger partial charge in [-0.3, -0.25) is 4.79 Å². The highest BCUT2D eigenvalue weighted by molar-refractivity contribution is 5.92. The summed E-state index contributed by atoms with van der Waals surface area (Å²) in [5, 5.41) is 2.61. The van der Waals surface area contributed by atoms with Crippen LogP contribution in [0.5, 0.6) is 0 Å². The van der Waals surface area contributed by atoms with E-state index in [1.807, 2.05) is 30.3 Å². The smallest absolute Gasteiger partial charge is 0.339 e. The summed E-state index contributed by atoms with van der Waals surface area (Å²) in [6.45, 7) is 1.67. The number of amides is 1. The quantitative estimate of drug-likeness (QED) is 0.862. The van der Waals surface area contributed by atoms with Crippen molar-refractivity contribution < 1.29 is 23.1 Å². The average Bonchev–Trinajstić information content (AvgIpc) is 2.52. The van der Waals surface area contributed by atoms with Crippen molar-refractivity contribution in [3.63, 3.8) is 0 Å². The predicted molar refractivity (Wildman–Crippen MR) is 79.5 cm³/mol. The van der Waals surface area contributed by atoms with Gasteiger partial charge in [0.1, 0.15) is 11.6 Å². The zero-order valence-corrected chi connectivity index (χ0v) is 12.4. The molecule has 0 aromatic heterocycles. The van der Waals surface area contributed by atoms with Gasteiger partial charge in [0.05, 0.1) is 5.56 Å². The highest BCUT2D eigenvalue weighted by Gasteiger charge is 2.19. The topological polar surface area (TPSA) is 55.4 Å². The van der Waals surface area contributed by atoms with E-state index in [-0.39, 0.29) is 12.1 Å². The molecule has 0 aliphatic carbocycles. The van der Waals surface area contributed by atoms with Crippen LogP contribution in [0.3, 0.4) is 0 Å². The first-order valence-corrected chi connectivity index (χ1v) is 6.94. The molecule has 0 saturated heterocycles. The molecule has 1 N–H and O–H groups in total. The first-order chi connectivity index (χ1) is 11.0. The summed E-state index contributed by atoms with van der Waals surface area (Å²) in [6, 6.07) is 11.5. The minimum atomic E-state index is -1.09. The highest BCUT2D eigenvalue weighted by Crippen LogP contribution is 2.10. The second-order valence-electron chi connectivity index (χ2n) is 4.91. The zero-order valence-electron chi connectivity index (χ0n) is 12.4. The summed E-state index contributed by atoms with van der Waals surface area (Å²) >= 11 is 0. The lowest BCUT2D eigenvalue weighted by Crippen LogP contribution is -2.35. The van der Waals surface area contributed by atoms with Gasteiger partial charge in [-0.25, -0.2) is 13.6 Å². The number of nitrogens with one attached hydrogen (secondary N) is 1. The Morgan fingerprint density at radius 1 is 1.09 bits per heavy atom. The molecule has 0 aliphatic heterocycles. The number of ether oxygens (including phenoxy) is 1. The van der Waals surface area contributed by atoms with Gasteiger partial charge in [0.25, 0.3) is 5.91 Å². The van der Waals surface area contributed by atoms with Gasteiger partial charge in [-0.05, 0) is 24.6 Å². The monoisotopic (exact) mass is 319 g/mol. The number of benzene rings is 2. The second-order valence-corrected chi connectivity index (χ2v) is 4.91. The molecule has 120 valence electrons. The maximum Gasteiger partial charge on any atom is 0.339 e. The lowest BCUT2D eigenvalue weighted by molar-refractivity contribution is -0.129. The van der Waals surface area contributed by atoms with Crippen LogP contribution in [0.1, 0.15) is 22.8 Å². The van der Waals surface area contributed by atoms with E-state index in [2.05, 4.69) is 5.32 Å². The Morgan fingerprint density at radius 2 is 1.70 bits per heavy atom. The van der Waals surface area contributed by atoms with Crippen molar-refractivity contribution in [1.82, 2.24) is 5.32 Å². The Hall–Kier alpha value is -2.76. The molecule has 0 aliphatic rings. The molecule has 2 aromatic rings. The van der Waals surface area contributed by atoms with Crippen LogP contribution in [0.4, 0.5) is 8.78 Å². The second kappa shape index (κ2) is 7.49. The number of carbonyl (C=O) groups is 2. The van der Waals surface area contributed by atoms with E-state index >= 15 is 0 Å². The number of hydrogen-bond acceptors (Lipinski definition) is 3. The number of halogens is 2. The maximum atomic E-state index is 13.1.